The number of fused-ring (bicyclic) bond motifs is 3. The van der Waals surface area contributed by atoms with Gasteiger partial charge in [-0.15, -0.1) is 0 Å². The van der Waals surface area contributed by atoms with Gasteiger partial charge in [0, 0.05) is 17.0 Å². The molecule has 42 heavy (non-hydrogen) atoms. The van der Waals surface area contributed by atoms with Gasteiger partial charge in [0.25, 0.3) is 0 Å². The number of methoxy groups -OCH3 is 2. The minimum absolute atomic E-state index is 0.597. The van der Waals surface area contributed by atoms with Gasteiger partial charge < -0.3 is 19.1 Å². The molecule has 6 nitrogen and oxygen atoms in total. The van der Waals surface area contributed by atoms with Crippen LogP contribution in [0.15, 0.2) is 115 Å². The smallest absolute Gasteiger partial charge is 0.151 e. The van der Waals surface area contributed by atoms with Crippen molar-refractivity contribution >= 4 is 28.0 Å². The maximum absolute atomic E-state index is 9.37. The van der Waals surface area contributed by atoms with E-state index in [1.54, 1.807) is 14.2 Å². The molecule has 6 heteroatoms. The zero-order valence-electron chi connectivity index (χ0n) is 23.0. The second-order valence-electron chi connectivity index (χ2n) is 9.89. The first-order valence-corrected chi connectivity index (χ1v) is 13.5. The van der Waals surface area contributed by atoms with Gasteiger partial charge in [0.1, 0.15) is 11.5 Å². The lowest BCUT2D eigenvalue weighted by molar-refractivity contribution is 0.394. The summed E-state index contributed by atoms with van der Waals surface area (Å²) in [6.45, 7) is 0. The molecule has 0 bridgehead atoms. The lowest BCUT2D eigenvalue weighted by Gasteiger charge is -2.33. The van der Waals surface area contributed by atoms with Crippen LogP contribution in [0.2, 0.25) is 0 Å². The van der Waals surface area contributed by atoms with Gasteiger partial charge in [-0.1, -0.05) is 48.5 Å². The summed E-state index contributed by atoms with van der Waals surface area (Å²) in [4.78, 5) is 7.48. The van der Waals surface area contributed by atoms with Crippen molar-refractivity contribution in [1.29, 1.82) is 5.26 Å². The van der Waals surface area contributed by atoms with Crippen LogP contribution in [0.25, 0.3) is 33.3 Å². The first-order valence-electron chi connectivity index (χ1n) is 13.5. The standard InChI is InChI=1S/C36H25N3O3/c1-40-26-18-25(19-27(20-26)41-2)29-21-30(24-16-14-23(22-37)15-17-24)38-36-28(29)8-7-11-33(36)39-31-9-3-5-12-34(31)42-35-13-6-4-10-32(35)39/h3-21H,1-2H3. The van der Waals surface area contributed by atoms with Crippen molar-refractivity contribution in [2.75, 3.05) is 19.1 Å². The van der Waals surface area contributed by atoms with E-state index in [0.29, 0.717) is 17.1 Å². The van der Waals surface area contributed by atoms with E-state index in [1.807, 2.05) is 78.9 Å². The Balaban J connectivity index is 1.54. The minimum Gasteiger partial charge on any atom is -0.497 e. The Kier molecular flexibility index (Phi) is 6.18. The van der Waals surface area contributed by atoms with Crippen molar-refractivity contribution in [3.63, 3.8) is 0 Å². The zero-order chi connectivity index (χ0) is 28.6. The highest BCUT2D eigenvalue weighted by Crippen LogP contribution is 2.52. The molecule has 0 saturated heterocycles. The number of aromatic nitrogens is 1. The first-order chi connectivity index (χ1) is 20.7. The summed E-state index contributed by atoms with van der Waals surface area (Å²) in [7, 11) is 3.30. The van der Waals surface area contributed by atoms with Crippen LogP contribution >= 0.6 is 0 Å². The van der Waals surface area contributed by atoms with Gasteiger partial charge in [0.05, 0.1) is 54.1 Å². The molecular weight excluding hydrogens is 522 g/mol. The van der Waals surface area contributed by atoms with E-state index < -0.39 is 0 Å². The largest absolute Gasteiger partial charge is 0.497 e. The number of benzene rings is 5. The Morgan fingerprint density at radius 1 is 0.667 bits per heavy atom. The number of hydrogen-bond donors (Lipinski definition) is 0. The molecular formula is C36H25N3O3. The molecule has 5 aromatic carbocycles. The van der Waals surface area contributed by atoms with Gasteiger partial charge in [0.15, 0.2) is 11.5 Å². The third-order valence-corrected chi connectivity index (χ3v) is 7.46. The fourth-order valence-corrected chi connectivity index (χ4v) is 5.44. The molecule has 6 aromatic rings. The van der Waals surface area contributed by atoms with E-state index in [9.17, 15) is 5.26 Å². The lowest BCUT2D eigenvalue weighted by atomic mass is 9.96. The van der Waals surface area contributed by atoms with Crippen molar-refractivity contribution < 1.29 is 14.2 Å². The van der Waals surface area contributed by atoms with Gasteiger partial charge in [0.2, 0.25) is 0 Å². The summed E-state index contributed by atoms with van der Waals surface area (Å²) in [6.07, 6.45) is 0. The van der Waals surface area contributed by atoms with Gasteiger partial charge in [-0.05, 0) is 71.8 Å². The van der Waals surface area contributed by atoms with Crippen molar-refractivity contribution in [3.05, 3.63) is 121 Å². The van der Waals surface area contributed by atoms with Crippen LogP contribution in [0.3, 0.4) is 0 Å². The fourth-order valence-electron chi connectivity index (χ4n) is 5.44. The van der Waals surface area contributed by atoms with E-state index in [-0.39, 0.29) is 0 Å². The molecule has 1 aliphatic rings. The fraction of sp³-hybridized carbons (Fsp3) is 0.0556. The van der Waals surface area contributed by atoms with E-state index in [0.717, 1.165) is 61.8 Å². The molecule has 0 atom stereocenters. The van der Waals surface area contributed by atoms with Crippen LogP contribution in [0.4, 0.5) is 17.1 Å². The highest BCUT2D eigenvalue weighted by Gasteiger charge is 2.27. The highest BCUT2D eigenvalue weighted by atomic mass is 16.5. The number of nitriles is 1. The molecule has 0 aliphatic carbocycles. The lowest BCUT2D eigenvalue weighted by Crippen LogP contribution is -2.16. The topological polar surface area (TPSA) is 67.6 Å². The number of pyridine rings is 1. The normalized spacial score (nSPS) is 11.7. The molecule has 0 amide bonds. The predicted molar refractivity (Wildman–Crippen MR) is 165 cm³/mol. The number of para-hydroxylation sites is 5. The van der Waals surface area contributed by atoms with Crippen molar-refractivity contribution in [1.82, 2.24) is 4.98 Å². The van der Waals surface area contributed by atoms with Crippen LogP contribution in [-0.2, 0) is 0 Å². The monoisotopic (exact) mass is 547 g/mol. The van der Waals surface area contributed by atoms with Gasteiger partial charge in [-0.3, -0.25) is 0 Å². The number of hydrogen-bond acceptors (Lipinski definition) is 6. The summed E-state index contributed by atoms with van der Waals surface area (Å²) in [5.74, 6) is 2.94. The van der Waals surface area contributed by atoms with Crippen molar-refractivity contribution in [2.24, 2.45) is 0 Å². The molecule has 1 aliphatic heterocycles. The molecule has 7 rings (SSSR count). The summed E-state index contributed by atoms with van der Waals surface area (Å²) in [6, 6.07) is 40.0. The van der Waals surface area contributed by atoms with Crippen molar-refractivity contribution in [3.8, 4) is 51.5 Å². The molecule has 0 saturated carbocycles. The van der Waals surface area contributed by atoms with E-state index in [4.69, 9.17) is 19.2 Å². The third kappa shape index (κ3) is 4.25. The molecule has 0 spiro atoms. The molecule has 202 valence electrons. The van der Waals surface area contributed by atoms with Crippen molar-refractivity contribution in [2.45, 2.75) is 0 Å². The summed E-state index contributed by atoms with van der Waals surface area (Å²) >= 11 is 0. The number of anilines is 3. The number of nitrogens with zero attached hydrogens (tertiary/aromatic N) is 3. The number of ether oxygens (including phenoxy) is 3. The molecule has 0 unspecified atom stereocenters. The summed E-state index contributed by atoms with van der Waals surface area (Å²) < 4.78 is 17.5. The molecule has 1 aromatic heterocycles. The molecule has 0 fully saturated rings. The third-order valence-electron chi connectivity index (χ3n) is 7.46. The summed E-state index contributed by atoms with van der Waals surface area (Å²) in [5.41, 5.74) is 7.81. The Morgan fingerprint density at radius 2 is 1.29 bits per heavy atom. The maximum atomic E-state index is 9.37. The van der Waals surface area contributed by atoms with Crippen LogP contribution < -0.4 is 19.1 Å². The van der Waals surface area contributed by atoms with Gasteiger partial charge in [-0.25, -0.2) is 4.98 Å². The van der Waals surface area contributed by atoms with Crippen LogP contribution in [-0.4, -0.2) is 19.2 Å². The van der Waals surface area contributed by atoms with E-state index >= 15 is 0 Å². The van der Waals surface area contributed by atoms with E-state index in [1.165, 1.54) is 0 Å². The van der Waals surface area contributed by atoms with E-state index in [2.05, 4.69) is 47.4 Å². The van der Waals surface area contributed by atoms with Gasteiger partial charge in [-0.2, -0.15) is 5.26 Å². The second-order valence-corrected chi connectivity index (χ2v) is 9.89. The minimum atomic E-state index is 0.597. The second kappa shape index (κ2) is 10.3. The molecule has 0 N–H and O–H groups in total. The number of rotatable bonds is 5. The van der Waals surface area contributed by atoms with Gasteiger partial charge >= 0.3 is 0 Å². The predicted octanol–water partition coefficient (Wildman–Crippen LogP) is 9.03. The first kappa shape index (κ1) is 25.2. The Hall–Kier alpha value is -5.80. The highest BCUT2D eigenvalue weighted by molar-refractivity contribution is 6.06. The van der Waals surface area contributed by atoms with Crippen LogP contribution in [0.1, 0.15) is 5.56 Å². The average Bonchev–Trinajstić information content (AvgIpc) is 3.06. The SMILES string of the molecule is COc1cc(OC)cc(-c2cc(-c3ccc(C#N)cc3)nc3c(N4c5ccccc5Oc5ccccc54)cccc23)c1. The zero-order valence-corrected chi connectivity index (χ0v) is 23.0. The molecule has 0 radical (unpaired) electrons. The quantitative estimate of drug-likeness (QED) is 0.214. The summed E-state index contributed by atoms with van der Waals surface area (Å²) in [5, 5.41) is 10.3. The van der Waals surface area contributed by atoms with Crippen LogP contribution in [0, 0.1) is 11.3 Å². The Labute approximate surface area is 243 Å². The van der Waals surface area contributed by atoms with Crippen LogP contribution in [0.5, 0.6) is 23.0 Å². The Morgan fingerprint density at radius 3 is 1.90 bits per heavy atom. The molecule has 2 heterocycles. The maximum Gasteiger partial charge on any atom is 0.151 e. The Bertz CT molecular complexity index is 1940. The average molecular weight is 548 g/mol.